The van der Waals surface area contributed by atoms with Crippen molar-refractivity contribution in [3.05, 3.63) is 28.3 Å². The SMILES string of the molecule is CC(C)(C)OC(=O)N1C2CCC1CN(c1nc(F)nc3c(F)c(Br)c(F)cc13)C2. The molecule has 156 valence electrons. The zero-order chi connectivity index (χ0) is 21.1. The van der Waals surface area contributed by atoms with E-state index in [-0.39, 0.29) is 34.9 Å². The number of fused-ring (bicyclic) bond motifs is 3. The van der Waals surface area contributed by atoms with E-state index in [0.29, 0.717) is 13.1 Å². The van der Waals surface area contributed by atoms with Crippen molar-refractivity contribution in [3.8, 4) is 0 Å². The molecular weight excluding hydrogens is 453 g/mol. The topological polar surface area (TPSA) is 58.6 Å². The molecule has 2 bridgehead atoms. The summed E-state index contributed by atoms with van der Waals surface area (Å²) in [6.07, 6.45) is 0.0524. The van der Waals surface area contributed by atoms with Crippen molar-refractivity contribution >= 4 is 38.7 Å². The predicted octanol–water partition coefficient (Wildman–Crippen LogP) is 4.40. The zero-order valence-electron chi connectivity index (χ0n) is 16.2. The largest absolute Gasteiger partial charge is 0.444 e. The third kappa shape index (κ3) is 3.62. The van der Waals surface area contributed by atoms with E-state index >= 15 is 0 Å². The van der Waals surface area contributed by atoms with E-state index in [0.717, 1.165) is 18.9 Å². The Morgan fingerprint density at radius 2 is 1.79 bits per heavy atom. The molecule has 1 aromatic heterocycles. The number of aromatic nitrogens is 2. The first-order valence-electron chi connectivity index (χ1n) is 9.32. The molecule has 2 fully saturated rings. The number of halogens is 4. The number of nitrogens with zero attached hydrogens (tertiary/aromatic N) is 4. The molecule has 0 spiro atoms. The summed E-state index contributed by atoms with van der Waals surface area (Å²) in [5.74, 6) is -1.67. The first-order valence-corrected chi connectivity index (χ1v) is 10.1. The molecule has 10 heteroatoms. The summed E-state index contributed by atoms with van der Waals surface area (Å²) in [7, 11) is 0. The molecule has 0 aliphatic carbocycles. The summed E-state index contributed by atoms with van der Waals surface area (Å²) in [4.78, 5) is 23.4. The first-order chi connectivity index (χ1) is 13.5. The normalized spacial score (nSPS) is 21.8. The van der Waals surface area contributed by atoms with Crippen LogP contribution in [-0.4, -0.2) is 51.7 Å². The lowest BCUT2D eigenvalue weighted by Gasteiger charge is -2.42. The number of carbonyl (C=O) groups is 1. The van der Waals surface area contributed by atoms with Crippen molar-refractivity contribution in [1.29, 1.82) is 0 Å². The third-order valence-electron chi connectivity index (χ3n) is 5.17. The van der Waals surface area contributed by atoms with Crippen LogP contribution in [0.5, 0.6) is 0 Å². The van der Waals surface area contributed by atoms with Crippen LogP contribution >= 0.6 is 15.9 Å². The van der Waals surface area contributed by atoms with Crippen molar-refractivity contribution in [2.75, 3.05) is 18.0 Å². The van der Waals surface area contributed by atoms with Gasteiger partial charge in [-0.25, -0.2) is 13.6 Å². The van der Waals surface area contributed by atoms with E-state index in [2.05, 4.69) is 25.9 Å². The number of piperazine rings is 1. The molecule has 0 saturated carbocycles. The number of ether oxygens (including phenoxy) is 1. The Morgan fingerprint density at radius 3 is 2.38 bits per heavy atom. The molecule has 29 heavy (non-hydrogen) atoms. The van der Waals surface area contributed by atoms with Gasteiger partial charge in [0.15, 0.2) is 5.82 Å². The van der Waals surface area contributed by atoms with Gasteiger partial charge in [0, 0.05) is 18.5 Å². The maximum atomic E-state index is 14.4. The molecule has 4 rings (SSSR count). The predicted molar refractivity (Wildman–Crippen MR) is 104 cm³/mol. The summed E-state index contributed by atoms with van der Waals surface area (Å²) < 4.78 is 47.7. The van der Waals surface area contributed by atoms with Crippen molar-refractivity contribution < 1.29 is 22.7 Å². The smallest absolute Gasteiger partial charge is 0.410 e. The molecule has 0 N–H and O–H groups in total. The van der Waals surface area contributed by atoms with E-state index in [1.165, 1.54) is 0 Å². The van der Waals surface area contributed by atoms with Gasteiger partial charge in [-0.2, -0.15) is 14.4 Å². The summed E-state index contributed by atoms with van der Waals surface area (Å²) >= 11 is 2.82. The van der Waals surface area contributed by atoms with Crippen molar-refractivity contribution in [3.63, 3.8) is 0 Å². The monoisotopic (exact) mass is 472 g/mol. The molecule has 1 aromatic carbocycles. The molecule has 3 heterocycles. The molecule has 0 radical (unpaired) electrons. The van der Waals surface area contributed by atoms with Crippen LogP contribution in [0.4, 0.5) is 23.8 Å². The lowest BCUT2D eigenvalue weighted by atomic mass is 10.1. The van der Waals surface area contributed by atoms with Crippen LogP contribution in [-0.2, 0) is 4.74 Å². The standard InChI is InChI=1S/C19H20BrF3N4O2/c1-19(2,3)29-18(28)27-9-4-5-10(27)8-26(7-9)16-11-6-12(21)13(20)14(22)15(11)24-17(23)25-16/h6,9-10H,4-5,7-8H2,1-3H3. The average molecular weight is 473 g/mol. The van der Waals surface area contributed by atoms with E-state index < -0.39 is 27.8 Å². The van der Waals surface area contributed by atoms with Gasteiger partial charge in [0.1, 0.15) is 22.8 Å². The quantitative estimate of drug-likeness (QED) is 0.454. The van der Waals surface area contributed by atoms with Crippen LogP contribution in [0.15, 0.2) is 10.5 Å². The Hall–Kier alpha value is -2.10. The second-order valence-corrected chi connectivity index (χ2v) is 9.17. The minimum atomic E-state index is -1.09. The number of hydrogen-bond donors (Lipinski definition) is 0. The number of benzene rings is 1. The Morgan fingerprint density at radius 1 is 1.17 bits per heavy atom. The van der Waals surface area contributed by atoms with Gasteiger partial charge in [-0.3, -0.25) is 4.90 Å². The fourth-order valence-electron chi connectivity index (χ4n) is 4.06. The van der Waals surface area contributed by atoms with Gasteiger partial charge in [-0.1, -0.05) is 0 Å². The highest BCUT2D eigenvalue weighted by Crippen LogP contribution is 2.37. The molecular formula is C19H20BrF3N4O2. The van der Waals surface area contributed by atoms with Crippen molar-refractivity contribution in [1.82, 2.24) is 14.9 Å². The van der Waals surface area contributed by atoms with E-state index in [1.807, 2.05) is 0 Å². The molecule has 2 atom stereocenters. The second-order valence-electron chi connectivity index (χ2n) is 8.38. The lowest BCUT2D eigenvalue weighted by molar-refractivity contribution is 0.0123. The minimum absolute atomic E-state index is 0.0923. The first kappa shape index (κ1) is 20.2. The fraction of sp³-hybridized carbons (Fsp3) is 0.526. The van der Waals surface area contributed by atoms with Gasteiger partial charge in [-0.05, 0) is 55.6 Å². The van der Waals surface area contributed by atoms with Gasteiger partial charge in [0.05, 0.1) is 16.6 Å². The number of anilines is 1. The van der Waals surface area contributed by atoms with Crippen LogP contribution in [0.25, 0.3) is 10.9 Å². The van der Waals surface area contributed by atoms with E-state index in [4.69, 9.17) is 4.74 Å². The number of carbonyl (C=O) groups excluding carboxylic acids is 1. The van der Waals surface area contributed by atoms with Crippen LogP contribution in [0.2, 0.25) is 0 Å². The van der Waals surface area contributed by atoms with Crippen molar-refractivity contribution in [2.24, 2.45) is 0 Å². The zero-order valence-corrected chi connectivity index (χ0v) is 17.8. The minimum Gasteiger partial charge on any atom is -0.444 e. The molecule has 2 unspecified atom stereocenters. The van der Waals surface area contributed by atoms with Crippen molar-refractivity contribution in [2.45, 2.75) is 51.3 Å². The second kappa shape index (κ2) is 7.00. The number of amides is 1. The molecule has 1 amide bonds. The van der Waals surface area contributed by atoms with Gasteiger partial charge in [0.25, 0.3) is 0 Å². The third-order valence-corrected chi connectivity index (χ3v) is 5.89. The maximum Gasteiger partial charge on any atom is 0.410 e. The highest BCUT2D eigenvalue weighted by Gasteiger charge is 2.45. The molecule has 2 saturated heterocycles. The fourth-order valence-corrected chi connectivity index (χ4v) is 4.36. The Bertz CT molecular complexity index is 984. The molecule has 2 aliphatic heterocycles. The highest BCUT2D eigenvalue weighted by molar-refractivity contribution is 9.10. The van der Waals surface area contributed by atoms with Crippen LogP contribution in [0.3, 0.4) is 0 Å². The number of hydrogen-bond acceptors (Lipinski definition) is 5. The number of rotatable bonds is 1. The Balaban J connectivity index is 1.68. The maximum absolute atomic E-state index is 14.4. The summed E-state index contributed by atoms with van der Waals surface area (Å²) in [5.41, 5.74) is -0.898. The molecule has 6 nitrogen and oxygen atoms in total. The van der Waals surface area contributed by atoms with Gasteiger partial charge >= 0.3 is 12.2 Å². The summed E-state index contributed by atoms with van der Waals surface area (Å²) in [6, 6.07) is 0.794. The summed E-state index contributed by atoms with van der Waals surface area (Å²) in [6.45, 7) is 6.14. The van der Waals surface area contributed by atoms with Crippen LogP contribution in [0.1, 0.15) is 33.6 Å². The Labute approximate surface area is 174 Å². The van der Waals surface area contributed by atoms with Crippen LogP contribution in [0, 0.1) is 17.7 Å². The Kier molecular flexibility index (Phi) is 4.87. The van der Waals surface area contributed by atoms with E-state index in [1.54, 1.807) is 30.6 Å². The average Bonchev–Trinajstić information content (AvgIpc) is 2.89. The van der Waals surface area contributed by atoms with Gasteiger partial charge < -0.3 is 9.64 Å². The molecule has 2 aliphatic rings. The molecule has 2 aromatic rings. The van der Waals surface area contributed by atoms with E-state index in [9.17, 15) is 18.0 Å². The highest BCUT2D eigenvalue weighted by atomic mass is 79.9. The summed E-state index contributed by atoms with van der Waals surface area (Å²) in [5, 5.41) is 0.0923. The van der Waals surface area contributed by atoms with Gasteiger partial charge in [0.2, 0.25) is 0 Å². The van der Waals surface area contributed by atoms with Gasteiger partial charge in [-0.15, -0.1) is 0 Å². The van der Waals surface area contributed by atoms with Crippen LogP contribution < -0.4 is 4.90 Å². The lowest BCUT2D eigenvalue weighted by Crippen LogP contribution is -2.57.